The Morgan fingerprint density at radius 1 is 1.14 bits per heavy atom. The van der Waals surface area contributed by atoms with Crippen LogP contribution in [0.15, 0.2) is 60.9 Å². The van der Waals surface area contributed by atoms with Gasteiger partial charge in [0.2, 0.25) is 0 Å². The molecule has 1 N–H and O–H groups in total. The molecule has 0 saturated heterocycles. The third-order valence-corrected chi connectivity index (χ3v) is 5.09. The molecule has 148 valence electrons. The molecule has 0 aliphatic heterocycles. The summed E-state index contributed by atoms with van der Waals surface area (Å²) in [5, 5.41) is 3.02. The van der Waals surface area contributed by atoms with Crippen LogP contribution in [0.1, 0.15) is 27.4 Å². The summed E-state index contributed by atoms with van der Waals surface area (Å²) in [7, 11) is 1.65. The fourth-order valence-corrected chi connectivity index (χ4v) is 3.63. The Labute approximate surface area is 169 Å². The summed E-state index contributed by atoms with van der Waals surface area (Å²) in [4.78, 5) is 17.3. The molecule has 0 atom stereocenters. The van der Waals surface area contributed by atoms with Gasteiger partial charge in [-0.15, -0.1) is 0 Å². The summed E-state index contributed by atoms with van der Waals surface area (Å²) in [6, 6.07) is 15.7. The number of ether oxygens (including phenoxy) is 1. The third-order valence-electron chi connectivity index (χ3n) is 5.09. The first-order valence-electron chi connectivity index (χ1n) is 9.61. The van der Waals surface area contributed by atoms with Gasteiger partial charge in [-0.1, -0.05) is 6.07 Å². The zero-order valence-corrected chi connectivity index (χ0v) is 16.8. The third kappa shape index (κ3) is 3.74. The summed E-state index contributed by atoms with van der Waals surface area (Å²) >= 11 is 0. The highest BCUT2D eigenvalue weighted by atomic mass is 16.5. The number of fused-ring (bicyclic) bond motifs is 1. The Kier molecular flexibility index (Phi) is 5.08. The molecule has 1 aromatic carbocycles. The molecular formula is C23H24N4O2. The van der Waals surface area contributed by atoms with E-state index < -0.39 is 0 Å². The molecule has 6 nitrogen and oxygen atoms in total. The molecule has 1 amide bonds. The second-order valence-electron chi connectivity index (χ2n) is 7.02. The van der Waals surface area contributed by atoms with Crippen LogP contribution in [-0.4, -0.2) is 33.5 Å². The minimum absolute atomic E-state index is 0.0679. The van der Waals surface area contributed by atoms with Gasteiger partial charge in [0.1, 0.15) is 11.4 Å². The predicted octanol–water partition coefficient (Wildman–Crippen LogP) is 3.72. The number of carbonyl (C=O) groups is 1. The predicted molar refractivity (Wildman–Crippen MR) is 113 cm³/mol. The number of amides is 1. The smallest absolute Gasteiger partial charge is 0.253 e. The van der Waals surface area contributed by atoms with Gasteiger partial charge in [0.05, 0.1) is 18.4 Å². The average Bonchev–Trinajstić information content (AvgIpc) is 3.28. The highest BCUT2D eigenvalue weighted by molar-refractivity contribution is 5.95. The van der Waals surface area contributed by atoms with Crippen LogP contribution in [0.4, 0.5) is 0 Å². The number of hydrogen-bond donors (Lipinski definition) is 1. The number of pyridine rings is 1. The molecule has 0 aliphatic rings. The maximum Gasteiger partial charge on any atom is 0.253 e. The van der Waals surface area contributed by atoms with E-state index in [0.717, 1.165) is 34.2 Å². The number of benzene rings is 1. The van der Waals surface area contributed by atoms with Crippen molar-refractivity contribution in [2.45, 2.75) is 20.3 Å². The number of nitrogens with one attached hydrogen (secondary N) is 1. The fraction of sp³-hybridized carbons (Fsp3) is 0.217. The summed E-state index contributed by atoms with van der Waals surface area (Å²) in [6.07, 6.45) is 4.65. The first kappa shape index (κ1) is 18.8. The van der Waals surface area contributed by atoms with Gasteiger partial charge in [-0.3, -0.25) is 4.79 Å². The number of nitrogens with zero attached hydrogens (tertiary/aromatic N) is 3. The molecule has 4 rings (SSSR count). The SMILES string of the molecule is COc1ccc(-n2c(C)cc(C(=O)NCCc3cn4ccccc4n3)c2C)cc1. The lowest BCUT2D eigenvalue weighted by Gasteiger charge is -2.11. The van der Waals surface area contributed by atoms with Crippen molar-refractivity contribution in [1.29, 1.82) is 0 Å². The van der Waals surface area contributed by atoms with Crippen molar-refractivity contribution < 1.29 is 9.53 Å². The zero-order valence-electron chi connectivity index (χ0n) is 16.8. The number of aromatic nitrogens is 3. The highest BCUT2D eigenvalue weighted by Gasteiger charge is 2.16. The lowest BCUT2D eigenvalue weighted by molar-refractivity contribution is 0.0953. The summed E-state index contributed by atoms with van der Waals surface area (Å²) < 4.78 is 9.29. The lowest BCUT2D eigenvalue weighted by atomic mass is 10.2. The Morgan fingerprint density at radius 3 is 2.66 bits per heavy atom. The van der Waals surface area contributed by atoms with E-state index in [0.29, 0.717) is 18.5 Å². The van der Waals surface area contributed by atoms with Crippen LogP contribution < -0.4 is 10.1 Å². The van der Waals surface area contributed by atoms with E-state index in [1.807, 2.05) is 79.2 Å². The van der Waals surface area contributed by atoms with E-state index in [2.05, 4.69) is 14.9 Å². The average molecular weight is 388 g/mol. The topological polar surface area (TPSA) is 60.6 Å². The van der Waals surface area contributed by atoms with Gasteiger partial charge in [0, 0.05) is 42.4 Å². The maximum absolute atomic E-state index is 12.8. The summed E-state index contributed by atoms with van der Waals surface area (Å²) in [5.74, 6) is 0.739. The fourth-order valence-electron chi connectivity index (χ4n) is 3.63. The van der Waals surface area contributed by atoms with E-state index >= 15 is 0 Å². The van der Waals surface area contributed by atoms with Crippen LogP contribution in [0.25, 0.3) is 11.3 Å². The Morgan fingerprint density at radius 2 is 1.93 bits per heavy atom. The molecule has 4 aromatic rings. The van der Waals surface area contributed by atoms with Crippen LogP contribution in [0.5, 0.6) is 5.75 Å². The van der Waals surface area contributed by atoms with Crippen molar-refractivity contribution >= 4 is 11.6 Å². The van der Waals surface area contributed by atoms with Crippen molar-refractivity contribution in [2.75, 3.05) is 13.7 Å². The molecule has 3 aromatic heterocycles. The number of aryl methyl sites for hydroxylation is 1. The van der Waals surface area contributed by atoms with E-state index in [1.165, 1.54) is 0 Å². The van der Waals surface area contributed by atoms with Crippen LogP contribution >= 0.6 is 0 Å². The highest BCUT2D eigenvalue weighted by Crippen LogP contribution is 2.22. The summed E-state index contributed by atoms with van der Waals surface area (Å²) in [6.45, 7) is 4.51. The normalized spacial score (nSPS) is 11.0. The Bertz CT molecular complexity index is 1120. The quantitative estimate of drug-likeness (QED) is 0.548. The molecule has 0 aliphatic carbocycles. The van der Waals surface area contributed by atoms with Gasteiger partial charge in [0.25, 0.3) is 5.91 Å². The number of hydrogen-bond acceptors (Lipinski definition) is 3. The van der Waals surface area contributed by atoms with Gasteiger partial charge >= 0.3 is 0 Å². The second-order valence-corrected chi connectivity index (χ2v) is 7.02. The molecule has 0 radical (unpaired) electrons. The number of rotatable bonds is 6. The number of methoxy groups -OCH3 is 1. The van der Waals surface area contributed by atoms with Crippen LogP contribution in [0.2, 0.25) is 0 Å². The van der Waals surface area contributed by atoms with Crippen LogP contribution in [-0.2, 0) is 6.42 Å². The number of imidazole rings is 1. The van der Waals surface area contributed by atoms with Crippen molar-refractivity contribution in [3.8, 4) is 11.4 Å². The maximum atomic E-state index is 12.8. The van der Waals surface area contributed by atoms with Gasteiger partial charge in [-0.05, 0) is 56.3 Å². The molecule has 29 heavy (non-hydrogen) atoms. The van der Waals surface area contributed by atoms with Crippen LogP contribution in [0, 0.1) is 13.8 Å². The molecule has 0 fully saturated rings. The summed E-state index contributed by atoms with van der Waals surface area (Å²) in [5.41, 5.74) is 5.49. The molecule has 0 spiro atoms. The van der Waals surface area contributed by atoms with E-state index in [4.69, 9.17) is 4.74 Å². The second kappa shape index (κ2) is 7.83. The molecular weight excluding hydrogens is 364 g/mol. The number of carbonyl (C=O) groups excluding carboxylic acids is 1. The van der Waals surface area contributed by atoms with Crippen LogP contribution in [0.3, 0.4) is 0 Å². The van der Waals surface area contributed by atoms with Crippen molar-refractivity contribution in [3.05, 3.63) is 83.6 Å². The lowest BCUT2D eigenvalue weighted by Crippen LogP contribution is -2.26. The zero-order chi connectivity index (χ0) is 20.4. The molecule has 3 heterocycles. The molecule has 0 unspecified atom stereocenters. The largest absolute Gasteiger partial charge is 0.497 e. The van der Waals surface area contributed by atoms with E-state index in [-0.39, 0.29) is 5.91 Å². The minimum Gasteiger partial charge on any atom is -0.497 e. The minimum atomic E-state index is -0.0679. The van der Waals surface area contributed by atoms with Gasteiger partial charge in [0.15, 0.2) is 0 Å². The standard InChI is InChI=1S/C23H24N4O2/c1-16-14-21(17(2)27(16)19-7-9-20(29-3)10-8-19)23(28)24-12-11-18-15-26-13-5-4-6-22(26)25-18/h4-10,13-15H,11-12H2,1-3H3,(H,24,28). The Balaban J connectivity index is 1.45. The Hall–Kier alpha value is -3.54. The van der Waals surface area contributed by atoms with Gasteiger partial charge < -0.3 is 19.0 Å². The van der Waals surface area contributed by atoms with Crippen molar-refractivity contribution in [1.82, 2.24) is 19.3 Å². The molecule has 0 saturated carbocycles. The first-order chi connectivity index (χ1) is 14.1. The van der Waals surface area contributed by atoms with E-state index in [9.17, 15) is 4.79 Å². The van der Waals surface area contributed by atoms with Crippen molar-refractivity contribution in [2.24, 2.45) is 0 Å². The van der Waals surface area contributed by atoms with Gasteiger partial charge in [-0.25, -0.2) is 4.98 Å². The first-order valence-corrected chi connectivity index (χ1v) is 9.61. The van der Waals surface area contributed by atoms with Gasteiger partial charge in [-0.2, -0.15) is 0 Å². The van der Waals surface area contributed by atoms with Crippen molar-refractivity contribution in [3.63, 3.8) is 0 Å². The monoisotopic (exact) mass is 388 g/mol. The molecule has 0 bridgehead atoms. The molecule has 6 heteroatoms. The van der Waals surface area contributed by atoms with E-state index in [1.54, 1.807) is 7.11 Å².